The number of hydrogen-bond donors (Lipinski definition) is 1. The molecule has 148 valence electrons. The summed E-state index contributed by atoms with van der Waals surface area (Å²) in [5, 5.41) is 13.9. The van der Waals surface area contributed by atoms with Crippen molar-refractivity contribution in [2.75, 3.05) is 26.2 Å². The predicted octanol–water partition coefficient (Wildman–Crippen LogP) is 4.39. The van der Waals surface area contributed by atoms with Crippen LogP contribution in [0.15, 0.2) is 57.6 Å². The first kappa shape index (κ1) is 19.4. The molecule has 1 aliphatic rings. The highest BCUT2D eigenvalue weighted by atomic mass is 32.1. The Balaban J connectivity index is 1.46. The number of aryl methyl sites for hydroxylation is 1. The minimum atomic E-state index is 0.237. The first-order chi connectivity index (χ1) is 13.7. The van der Waals surface area contributed by atoms with Gasteiger partial charge in [-0.25, -0.2) is 0 Å². The lowest BCUT2D eigenvalue weighted by molar-refractivity contribution is 0.0501. The van der Waals surface area contributed by atoms with Crippen molar-refractivity contribution in [2.24, 2.45) is 0 Å². The minimum Gasteiger partial charge on any atom is -0.461 e. The number of rotatable bonds is 7. The molecule has 1 aromatic carbocycles. The summed E-state index contributed by atoms with van der Waals surface area (Å²) in [6.07, 6.45) is 0.819. The lowest BCUT2D eigenvalue weighted by atomic mass is 10.0. The Morgan fingerprint density at radius 3 is 2.75 bits per heavy atom. The third-order valence-corrected chi connectivity index (χ3v) is 6.27. The van der Waals surface area contributed by atoms with Crippen molar-refractivity contribution in [2.45, 2.75) is 32.5 Å². The summed E-state index contributed by atoms with van der Waals surface area (Å²) in [5.74, 6) is 1.88. The molecule has 28 heavy (non-hydrogen) atoms. The second-order valence-electron chi connectivity index (χ2n) is 7.57. The maximum atomic E-state index is 9.58. The SMILES string of the molecule is Cc1ccc(-c2ccccc2CN2CCN(Cc3ccsc3)[C@H](CCO)C2)o1. The molecule has 3 aromatic rings. The Kier molecular flexibility index (Phi) is 6.27. The Labute approximate surface area is 171 Å². The van der Waals surface area contributed by atoms with Gasteiger partial charge in [-0.2, -0.15) is 11.3 Å². The van der Waals surface area contributed by atoms with Gasteiger partial charge in [-0.3, -0.25) is 9.80 Å². The molecule has 4 rings (SSSR count). The smallest absolute Gasteiger partial charge is 0.134 e. The Morgan fingerprint density at radius 2 is 2.00 bits per heavy atom. The van der Waals surface area contributed by atoms with E-state index in [0.717, 1.165) is 50.7 Å². The molecule has 2 aromatic heterocycles. The van der Waals surface area contributed by atoms with Crippen LogP contribution in [0.2, 0.25) is 0 Å². The van der Waals surface area contributed by atoms with E-state index in [1.54, 1.807) is 11.3 Å². The van der Waals surface area contributed by atoms with Crippen LogP contribution in [0, 0.1) is 6.92 Å². The van der Waals surface area contributed by atoms with E-state index in [1.807, 2.05) is 13.0 Å². The maximum Gasteiger partial charge on any atom is 0.134 e. The van der Waals surface area contributed by atoms with Crippen LogP contribution in [-0.4, -0.2) is 47.2 Å². The summed E-state index contributed by atoms with van der Waals surface area (Å²) in [6, 6.07) is 15.2. The van der Waals surface area contributed by atoms with Crippen LogP contribution in [0.4, 0.5) is 0 Å². The summed E-state index contributed by atoms with van der Waals surface area (Å²) in [7, 11) is 0. The Bertz CT molecular complexity index is 874. The summed E-state index contributed by atoms with van der Waals surface area (Å²) in [4.78, 5) is 5.04. The van der Waals surface area contributed by atoms with Gasteiger partial charge in [0, 0.05) is 50.9 Å². The Hall–Kier alpha value is -1.92. The van der Waals surface area contributed by atoms with Crippen LogP contribution in [0.3, 0.4) is 0 Å². The highest BCUT2D eigenvalue weighted by Gasteiger charge is 2.27. The van der Waals surface area contributed by atoms with E-state index in [1.165, 1.54) is 16.7 Å². The molecular formula is C23H28N2O2S. The van der Waals surface area contributed by atoms with Gasteiger partial charge in [0.1, 0.15) is 11.5 Å². The summed E-state index contributed by atoms with van der Waals surface area (Å²) < 4.78 is 5.88. The molecule has 0 bridgehead atoms. The zero-order valence-corrected chi connectivity index (χ0v) is 17.2. The summed E-state index contributed by atoms with van der Waals surface area (Å²) in [6.45, 7) is 7.16. The van der Waals surface area contributed by atoms with Crippen molar-refractivity contribution < 1.29 is 9.52 Å². The van der Waals surface area contributed by atoms with E-state index in [-0.39, 0.29) is 6.61 Å². The third-order valence-electron chi connectivity index (χ3n) is 5.53. The molecule has 1 atom stereocenters. The number of nitrogens with zero attached hydrogens (tertiary/aromatic N) is 2. The lowest BCUT2D eigenvalue weighted by Gasteiger charge is -2.41. The van der Waals surface area contributed by atoms with Gasteiger partial charge in [0.25, 0.3) is 0 Å². The quantitative estimate of drug-likeness (QED) is 0.643. The number of furan rings is 1. The van der Waals surface area contributed by atoms with Crippen molar-refractivity contribution in [1.82, 2.24) is 9.80 Å². The van der Waals surface area contributed by atoms with Crippen LogP contribution in [-0.2, 0) is 13.1 Å². The number of aliphatic hydroxyl groups is 1. The molecule has 1 saturated heterocycles. The van der Waals surface area contributed by atoms with E-state index in [4.69, 9.17) is 4.42 Å². The van der Waals surface area contributed by atoms with Gasteiger partial charge in [-0.1, -0.05) is 24.3 Å². The number of piperazine rings is 1. The highest BCUT2D eigenvalue weighted by Crippen LogP contribution is 2.28. The monoisotopic (exact) mass is 396 g/mol. The van der Waals surface area contributed by atoms with E-state index >= 15 is 0 Å². The van der Waals surface area contributed by atoms with Gasteiger partial charge in [0.2, 0.25) is 0 Å². The summed E-state index contributed by atoms with van der Waals surface area (Å²) in [5.41, 5.74) is 3.85. The largest absolute Gasteiger partial charge is 0.461 e. The maximum absolute atomic E-state index is 9.58. The zero-order chi connectivity index (χ0) is 19.3. The number of hydrogen-bond acceptors (Lipinski definition) is 5. The van der Waals surface area contributed by atoms with Gasteiger partial charge in [0.15, 0.2) is 0 Å². The van der Waals surface area contributed by atoms with Crippen LogP contribution >= 0.6 is 11.3 Å². The average Bonchev–Trinajstić information content (AvgIpc) is 3.36. The fraction of sp³-hybridized carbons (Fsp3) is 0.391. The normalized spacial score (nSPS) is 18.6. The molecule has 1 fully saturated rings. The molecule has 0 aliphatic carbocycles. The zero-order valence-electron chi connectivity index (χ0n) is 16.4. The minimum absolute atomic E-state index is 0.237. The molecule has 3 heterocycles. The fourth-order valence-corrected chi connectivity index (χ4v) is 4.73. The van der Waals surface area contributed by atoms with Crippen molar-refractivity contribution in [3.8, 4) is 11.3 Å². The molecule has 0 radical (unpaired) electrons. The van der Waals surface area contributed by atoms with E-state index < -0.39 is 0 Å². The highest BCUT2D eigenvalue weighted by molar-refractivity contribution is 7.07. The van der Waals surface area contributed by atoms with Gasteiger partial charge >= 0.3 is 0 Å². The molecular weight excluding hydrogens is 368 g/mol. The summed E-state index contributed by atoms with van der Waals surface area (Å²) >= 11 is 1.75. The molecule has 1 aliphatic heterocycles. The van der Waals surface area contributed by atoms with E-state index in [2.05, 4.69) is 57.0 Å². The first-order valence-electron chi connectivity index (χ1n) is 9.96. The predicted molar refractivity (Wildman–Crippen MR) is 114 cm³/mol. The fourth-order valence-electron chi connectivity index (χ4n) is 4.07. The van der Waals surface area contributed by atoms with Crippen molar-refractivity contribution in [1.29, 1.82) is 0 Å². The lowest BCUT2D eigenvalue weighted by Crippen LogP contribution is -2.52. The molecule has 5 heteroatoms. The number of thiophene rings is 1. The van der Waals surface area contributed by atoms with Gasteiger partial charge in [-0.15, -0.1) is 0 Å². The van der Waals surface area contributed by atoms with Crippen molar-refractivity contribution in [3.63, 3.8) is 0 Å². The van der Waals surface area contributed by atoms with Gasteiger partial charge in [-0.05, 0) is 53.4 Å². The van der Waals surface area contributed by atoms with Crippen LogP contribution in [0.25, 0.3) is 11.3 Å². The van der Waals surface area contributed by atoms with Gasteiger partial charge in [0.05, 0.1) is 0 Å². The number of benzene rings is 1. The van der Waals surface area contributed by atoms with E-state index in [9.17, 15) is 5.11 Å². The van der Waals surface area contributed by atoms with E-state index in [0.29, 0.717) is 6.04 Å². The van der Waals surface area contributed by atoms with Crippen LogP contribution < -0.4 is 0 Å². The molecule has 0 amide bonds. The topological polar surface area (TPSA) is 39.9 Å². The average molecular weight is 397 g/mol. The van der Waals surface area contributed by atoms with Crippen LogP contribution in [0.1, 0.15) is 23.3 Å². The molecule has 1 N–H and O–H groups in total. The second-order valence-corrected chi connectivity index (χ2v) is 8.35. The molecule has 0 spiro atoms. The van der Waals surface area contributed by atoms with Gasteiger partial charge < -0.3 is 9.52 Å². The molecule has 0 unspecified atom stereocenters. The Morgan fingerprint density at radius 1 is 1.11 bits per heavy atom. The second kappa shape index (κ2) is 9.05. The third kappa shape index (κ3) is 4.55. The van der Waals surface area contributed by atoms with Crippen molar-refractivity contribution >= 4 is 11.3 Å². The standard InChI is InChI=1S/C23H28N2O2S/c1-18-6-7-23(27-18)22-5-3-2-4-20(22)15-24-10-11-25(21(16-24)8-12-26)14-19-9-13-28-17-19/h2-7,9,13,17,21,26H,8,10-12,14-16H2,1H3/t21-/m1/s1. The molecule has 4 nitrogen and oxygen atoms in total. The van der Waals surface area contributed by atoms with Crippen LogP contribution in [0.5, 0.6) is 0 Å². The number of aliphatic hydroxyl groups excluding tert-OH is 1. The van der Waals surface area contributed by atoms with Crippen molar-refractivity contribution in [3.05, 3.63) is 70.1 Å². The first-order valence-corrected chi connectivity index (χ1v) is 10.9. The molecule has 0 saturated carbocycles.